The average molecular weight is 428 g/mol. The van der Waals surface area contributed by atoms with Gasteiger partial charge in [-0.2, -0.15) is 0 Å². The molecule has 0 spiro atoms. The topological polar surface area (TPSA) is 74.7 Å². The van der Waals surface area contributed by atoms with E-state index in [9.17, 15) is 9.90 Å². The Morgan fingerprint density at radius 2 is 1.77 bits per heavy atom. The van der Waals surface area contributed by atoms with Crippen LogP contribution in [0, 0.1) is 0 Å². The van der Waals surface area contributed by atoms with Crippen LogP contribution in [0.25, 0.3) is 0 Å². The number of alkyl carbamates (subject to hydrolysis) is 1. The molecule has 0 bridgehead atoms. The number of aromatic nitrogens is 1. The molecule has 6 nitrogen and oxygen atoms in total. The largest absolute Gasteiger partial charge is 0.444 e. The number of hydrogen-bond acceptors (Lipinski definition) is 5. The number of pyridine rings is 1. The Labute approximate surface area is 186 Å². The van der Waals surface area contributed by atoms with Crippen molar-refractivity contribution in [2.24, 2.45) is 0 Å². The quantitative estimate of drug-likeness (QED) is 0.689. The van der Waals surface area contributed by atoms with Gasteiger partial charge < -0.3 is 20.1 Å². The lowest BCUT2D eigenvalue weighted by Crippen LogP contribution is -2.50. The molecule has 2 aromatic rings. The van der Waals surface area contributed by atoms with Crippen LogP contribution in [-0.4, -0.2) is 47.5 Å². The maximum Gasteiger partial charge on any atom is 0.407 e. The maximum absolute atomic E-state index is 12.4. The summed E-state index contributed by atoms with van der Waals surface area (Å²) in [5, 5.41) is 13.9. The van der Waals surface area contributed by atoms with E-state index in [4.69, 9.17) is 4.74 Å². The number of carbonyl (C=O) groups excluding carboxylic acids is 1. The number of amides is 1. The molecule has 2 rings (SSSR count). The van der Waals surface area contributed by atoms with E-state index in [1.54, 1.807) is 6.20 Å². The second-order valence-corrected chi connectivity index (χ2v) is 10.1. The molecule has 0 aliphatic carbocycles. The SMILES string of the molecule is CN(C[C@@H](O)[C@H](Cc1ccccc1)NC(=O)OC(C)(C)C)c1cncc(C(C)(C)C)c1. The van der Waals surface area contributed by atoms with Crippen molar-refractivity contribution >= 4 is 11.8 Å². The lowest BCUT2D eigenvalue weighted by molar-refractivity contribution is 0.0429. The van der Waals surface area contributed by atoms with Crippen LogP contribution in [-0.2, 0) is 16.6 Å². The molecule has 1 aromatic heterocycles. The monoisotopic (exact) mass is 427 g/mol. The zero-order valence-corrected chi connectivity index (χ0v) is 19.8. The molecular formula is C25H37N3O3. The molecule has 0 aliphatic rings. The minimum absolute atomic E-state index is 0.0173. The van der Waals surface area contributed by atoms with Gasteiger partial charge in [0.2, 0.25) is 0 Å². The normalized spacial score (nSPS) is 13.9. The van der Waals surface area contributed by atoms with Gasteiger partial charge in [-0.25, -0.2) is 4.79 Å². The van der Waals surface area contributed by atoms with Gasteiger partial charge in [-0.1, -0.05) is 51.1 Å². The summed E-state index contributed by atoms with van der Waals surface area (Å²) < 4.78 is 5.41. The summed E-state index contributed by atoms with van der Waals surface area (Å²) >= 11 is 0. The van der Waals surface area contributed by atoms with Gasteiger partial charge in [0.1, 0.15) is 5.60 Å². The molecule has 2 N–H and O–H groups in total. The van der Waals surface area contributed by atoms with E-state index in [0.29, 0.717) is 13.0 Å². The number of rotatable bonds is 7. The van der Waals surface area contributed by atoms with Crippen LogP contribution >= 0.6 is 0 Å². The summed E-state index contributed by atoms with van der Waals surface area (Å²) in [4.78, 5) is 18.7. The first kappa shape index (κ1) is 24.7. The molecule has 31 heavy (non-hydrogen) atoms. The first-order valence-electron chi connectivity index (χ1n) is 10.7. The summed E-state index contributed by atoms with van der Waals surface area (Å²) in [6, 6.07) is 11.4. The second kappa shape index (κ2) is 10.1. The van der Waals surface area contributed by atoms with Crippen molar-refractivity contribution in [2.45, 2.75) is 71.1 Å². The molecule has 1 heterocycles. The van der Waals surface area contributed by atoms with Crippen molar-refractivity contribution in [1.82, 2.24) is 10.3 Å². The summed E-state index contributed by atoms with van der Waals surface area (Å²) in [7, 11) is 1.92. The van der Waals surface area contributed by atoms with Crippen molar-refractivity contribution in [1.29, 1.82) is 0 Å². The number of nitrogens with zero attached hydrogens (tertiary/aromatic N) is 2. The Morgan fingerprint density at radius 1 is 1.13 bits per heavy atom. The van der Waals surface area contributed by atoms with Gasteiger partial charge in [0.05, 0.1) is 24.0 Å². The lowest BCUT2D eigenvalue weighted by atomic mass is 9.88. The second-order valence-electron chi connectivity index (χ2n) is 10.1. The number of aliphatic hydroxyl groups excluding tert-OH is 1. The Hall–Kier alpha value is -2.60. The van der Waals surface area contributed by atoms with Crippen LogP contribution < -0.4 is 10.2 Å². The van der Waals surface area contributed by atoms with Gasteiger partial charge in [-0.3, -0.25) is 4.98 Å². The van der Waals surface area contributed by atoms with Crippen LogP contribution in [0.5, 0.6) is 0 Å². The van der Waals surface area contributed by atoms with E-state index >= 15 is 0 Å². The predicted molar refractivity (Wildman–Crippen MR) is 126 cm³/mol. The molecule has 0 fully saturated rings. The van der Waals surface area contributed by atoms with Gasteiger partial charge in [0.25, 0.3) is 0 Å². The number of benzene rings is 1. The van der Waals surface area contributed by atoms with Crippen molar-refractivity contribution in [2.75, 3.05) is 18.5 Å². The first-order valence-corrected chi connectivity index (χ1v) is 10.7. The third kappa shape index (κ3) is 8.21. The van der Waals surface area contributed by atoms with E-state index in [-0.39, 0.29) is 5.41 Å². The number of anilines is 1. The van der Waals surface area contributed by atoms with Crippen LogP contribution in [0.3, 0.4) is 0 Å². The first-order chi connectivity index (χ1) is 14.3. The average Bonchev–Trinajstić information content (AvgIpc) is 2.66. The van der Waals surface area contributed by atoms with Gasteiger partial charge in [0.15, 0.2) is 0 Å². The smallest absolute Gasteiger partial charge is 0.407 e. The predicted octanol–water partition coefficient (Wildman–Crippen LogP) is 4.31. The van der Waals surface area contributed by atoms with Crippen LogP contribution in [0.1, 0.15) is 52.7 Å². The molecule has 0 saturated carbocycles. The van der Waals surface area contributed by atoms with Crippen LogP contribution in [0.15, 0.2) is 48.8 Å². The van der Waals surface area contributed by atoms with E-state index in [0.717, 1.165) is 16.8 Å². The maximum atomic E-state index is 12.4. The number of hydrogen-bond donors (Lipinski definition) is 2. The van der Waals surface area contributed by atoms with Crippen molar-refractivity contribution in [3.05, 3.63) is 59.9 Å². The highest BCUT2D eigenvalue weighted by Crippen LogP contribution is 2.25. The molecule has 0 saturated heterocycles. The standard InChI is InChI=1S/C25H37N3O3/c1-24(2,3)19-14-20(16-26-15-19)28(7)17-22(29)21(13-18-11-9-8-10-12-18)27-23(30)31-25(4,5)6/h8-12,14-16,21-22,29H,13,17H2,1-7H3,(H,27,30)/t21-,22+/m0/s1. The summed E-state index contributed by atoms with van der Waals surface area (Å²) in [5.74, 6) is 0. The highest BCUT2D eigenvalue weighted by molar-refractivity contribution is 5.68. The highest BCUT2D eigenvalue weighted by atomic mass is 16.6. The van der Waals surface area contributed by atoms with Gasteiger partial charge in [-0.05, 0) is 49.8 Å². The minimum atomic E-state index is -0.809. The molecule has 170 valence electrons. The van der Waals surface area contributed by atoms with Crippen LogP contribution in [0.2, 0.25) is 0 Å². The van der Waals surface area contributed by atoms with E-state index in [1.807, 2.05) is 69.2 Å². The van der Waals surface area contributed by atoms with E-state index in [1.165, 1.54) is 0 Å². The minimum Gasteiger partial charge on any atom is -0.444 e. The third-order valence-corrected chi connectivity index (χ3v) is 4.96. The molecule has 0 radical (unpaired) electrons. The Balaban J connectivity index is 2.15. The number of aliphatic hydroxyl groups is 1. The van der Waals surface area contributed by atoms with Gasteiger partial charge in [0, 0.05) is 19.8 Å². The van der Waals surface area contributed by atoms with Crippen molar-refractivity contribution in [3.63, 3.8) is 0 Å². The number of carbonyl (C=O) groups is 1. The van der Waals surface area contributed by atoms with Gasteiger partial charge >= 0.3 is 6.09 Å². The van der Waals surface area contributed by atoms with E-state index < -0.39 is 23.8 Å². The Bertz CT molecular complexity index is 841. The molecule has 1 amide bonds. The highest BCUT2D eigenvalue weighted by Gasteiger charge is 2.26. The summed E-state index contributed by atoms with van der Waals surface area (Å²) in [6.07, 6.45) is 2.81. The molecule has 6 heteroatoms. The lowest BCUT2D eigenvalue weighted by Gasteiger charge is -2.30. The zero-order valence-electron chi connectivity index (χ0n) is 19.8. The number of ether oxygens (including phenoxy) is 1. The third-order valence-electron chi connectivity index (χ3n) is 4.96. The molecule has 2 atom stereocenters. The fourth-order valence-corrected chi connectivity index (χ4v) is 3.17. The zero-order chi connectivity index (χ0) is 23.2. The van der Waals surface area contributed by atoms with Crippen molar-refractivity contribution < 1.29 is 14.6 Å². The molecule has 0 aliphatic heterocycles. The van der Waals surface area contributed by atoms with E-state index in [2.05, 4.69) is 37.1 Å². The molecule has 0 unspecified atom stereocenters. The molecule has 1 aromatic carbocycles. The number of nitrogens with one attached hydrogen (secondary N) is 1. The van der Waals surface area contributed by atoms with Crippen molar-refractivity contribution in [3.8, 4) is 0 Å². The summed E-state index contributed by atoms with van der Waals surface area (Å²) in [6.45, 7) is 12.2. The summed E-state index contributed by atoms with van der Waals surface area (Å²) in [5.41, 5.74) is 2.45. The van der Waals surface area contributed by atoms with Gasteiger partial charge in [-0.15, -0.1) is 0 Å². The van der Waals surface area contributed by atoms with Crippen LogP contribution in [0.4, 0.5) is 10.5 Å². The fourth-order valence-electron chi connectivity index (χ4n) is 3.17. The Morgan fingerprint density at radius 3 is 2.35 bits per heavy atom. The molecular weight excluding hydrogens is 390 g/mol. The fraction of sp³-hybridized carbons (Fsp3) is 0.520. The Kier molecular flexibility index (Phi) is 8.07. The number of likely N-dealkylation sites (N-methyl/N-ethyl adjacent to an activating group) is 1.